The van der Waals surface area contributed by atoms with Gasteiger partial charge in [-0.1, -0.05) is 6.07 Å². The Labute approximate surface area is 177 Å². The lowest BCUT2D eigenvalue weighted by atomic mass is 10.1. The number of hydrogen-bond donors (Lipinski definition) is 2. The minimum atomic E-state index is -4.42. The molecule has 30 heavy (non-hydrogen) atoms. The van der Waals surface area contributed by atoms with Gasteiger partial charge >= 0.3 is 6.18 Å². The number of hydrogen-bond acceptors (Lipinski definition) is 4. The fraction of sp³-hybridized carbons (Fsp3) is 0.333. The van der Waals surface area contributed by atoms with Crippen LogP contribution >= 0.6 is 11.8 Å². The molecule has 160 valence electrons. The normalized spacial score (nSPS) is 14.3. The van der Waals surface area contributed by atoms with Gasteiger partial charge in [0.2, 0.25) is 5.91 Å². The number of rotatable bonds is 5. The van der Waals surface area contributed by atoms with Crippen molar-refractivity contribution in [2.75, 3.05) is 41.8 Å². The zero-order chi connectivity index (χ0) is 21.7. The first-order valence-corrected chi connectivity index (χ1v) is 10.6. The van der Waals surface area contributed by atoms with E-state index in [-0.39, 0.29) is 18.1 Å². The topological polar surface area (TPSA) is 61.4 Å². The molecule has 2 aromatic rings. The number of anilines is 2. The molecule has 9 heteroatoms. The minimum absolute atomic E-state index is 0.0225. The molecule has 3 rings (SSSR count). The Bertz CT molecular complexity index is 911. The van der Waals surface area contributed by atoms with Crippen LogP contribution in [0.3, 0.4) is 0 Å². The summed E-state index contributed by atoms with van der Waals surface area (Å²) in [5, 5.41) is 5.55. The van der Waals surface area contributed by atoms with E-state index in [1.807, 2.05) is 23.6 Å². The van der Waals surface area contributed by atoms with Crippen LogP contribution in [-0.4, -0.2) is 47.9 Å². The maximum absolute atomic E-state index is 12.8. The number of thioether (sulfide) groups is 1. The number of benzene rings is 2. The summed E-state index contributed by atoms with van der Waals surface area (Å²) in [6.45, 7) is 3.17. The molecular weight excluding hydrogens is 415 g/mol. The molecule has 0 atom stereocenters. The smallest absolute Gasteiger partial charge is 0.376 e. The Balaban J connectivity index is 1.60. The van der Waals surface area contributed by atoms with Crippen LogP contribution < -0.4 is 10.6 Å². The number of carbonyl (C=O) groups excluding carboxylic acids is 2. The Morgan fingerprint density at radius 2 is 1.73 bits per heavy atom. The summed E-state index contributed by atoms with van der Waals surface area (Å²) in [6, 6.07) is 9.57. The van der Waals surface area contributed by atoms with E-state index in [2.05, 4.69) is 10.6 Å². The van der Waals surface area contributed by atoms with E-state index in [1.54, 1.807) is 18.2 Å². The zero-order valence-electron chi connectivity index (χ0n) is 16.4. The van der Waals surface area contributed by atoms with Gasteiger partial charge in [-0.15, -0.1) is 0 Å². The van der Waals surface area contributed by atoms with Crippen molar-refractivity contribution in [1.82, 2.24) is 4.90 Å². The van der Waals surface area contributed by atoms with Gasteiger partial charge in [0.25, 0.3) is 5.91 Å². The van der Waals surface area contributed by atoms with Crippen molar-refractivity contribution in [3.05, 3.63) is 59.2 Å². The molecule has 2 amide bonds. The van der Waals surface area contributed by atoms with Crippen molar-refractivity contribution >= 4 is 35.0 Å². The van der Waals surface area contributed by atoms with Crippen LogP contribution in [0.15, 0.2) is 42.5 Å². The van der Waals surface area contributed by atoms with Crippen LogP contribution in [0.4, 0.5) is 24.5 Å². The summed E-state index contributed by atoms with van der Waals surface area (Å²) in [5.74, 6) is 1.42. The molecule has 1 aliphatic heterocycles. The third kappa shape index (κ3) is 5.47. The highest BCUT2D eigenvalue weighted by Gasteiger charge is 2.30. The number of halogens is 3. The van der Waals surface area contributed by atoms with Gasteiger partial charge in [0, 0.05) is 41.5 Å². The lowest BCUT2D eigenvalue weighted by Crippen LogP contribution is -2.38. The first kappa shape index (κ1) is 22.0. The average Bonchev–Trinajstić information content (AvgIpc) is 2.73. The van der Waals surface area contributed by atoms with E-state index in [0.29, 0.717) is 11.3 Å². The number of nitrogens with one attached hydrogen (secondary N) is 2. The molecule has 0 radical (unpaired) electrons. The van der Waals surface area contributed by atoms with Gasteiger partial charge in [-0.2, -0.15) is 24.9 Å². The number of carbonyl (C=O) groups is 2. The van der Waals surface area contributed by atoms with Crippen LogP contribution in [0, 0.1) is 6.92 Å². The van der Waals surface area contributed by atoms with Crippen molar-refractivity contribution in [2.45, 2.75) is 13.1 Å². The Kier molecular flexibility index (Phi) is 6.91. The fourth-order valence-electron chi connectivity index (χ4n) is 3.12. The number of amides is 2. The third-order valence-corrected chi connectivity index (χ3v) is 5.74. The van der Waals surface area contributed by atoms with Crippen molar-refractivity contribution in [2.24, 2.45) is 0 Å². The number of nitrogens with zero attached hydrogens (tertiary/aromatic N) is 1. The fourth-order valence-corrected chi connectivity index (χ4v) is 4.02. The SMILES string of the molecule is Cc1c(NCC(=O)Nc2ccc(C(F)(F)F)cc2)cccc1C(=O)N1CCSCC1. The van der Waals surface area contributed by atoms with Crippen LogP contribution in [0.25, 0.3) is 0 Å². The molecule has 0 saturated carbocycles. The molecule has 5 nitrogen and oxygen atoms in total. The highest BCUT2D eigenvalue weighted by atomic mass is 32.2. The standard InChI is InChI=1S/C21H22F3N3O2S/c1-14-17(20(29)27-9-11-30-12-10-27)3-2-4-18(14)25-13-19(28)26-16-7-5-15(6-8-16)21(22,23)24/h2-8,25H,9-13H2,1H3,(H,26,28). The van der Waals surface area contributed by atoms with Gasteiger partial charge in [0.05, 0.1) is 12.1 Å². The van der Waals surface area contributed by atoms with E-state index in [0.717, 1.165) is 42.3 Å². The molecule has 1 saturated heterocycles. The Morgan fingerprint density at radius 3 is 2.37 bits per heavy atom. The van der Waals surface area contributed by atoms with Gasteiger partial charge in [-0.3, -0.25) is 9.59 Å². The molecular formula is C21H22F3N3O2S. The van der Waals surface area contributed by atoms with Crippen LogP contribution in [0.1, 0.15) is 21.5 Å². The van der Waals surface area contributed by atoms with E-state index in [9.17, 15) is 22.8 Å². The van der Waals surface area contributed by atoms with Crippen molar-refractivity contribution in [3.63, 3.8) is 0 Å². The van der Waals surface area contributed by atoms with Crippen LogP contribution in [-0.2, 0) is 11.0 Å². The molecule has 0 bridgehead atoms. The maximum atomic E-state index is 12.8. The van der Waals surface area contributed by atoms with Crippen molar-refractivity contribution in [1.29, 1.82) is 0 Å². The lowest BCUT2D eigenvalue weighted by Gasteiger charge is -2.27. The zero-order valence-corrected chi connectivity index (χ0v) is 17.2. The van der Waals surface area contributed by atoms with E-state index >= 15 is 0 Å². The molecule has 0 unspecified atom stereocenters. The van der Waals surface area contributed by atoms with Gasteiger partial charge in [-0.05, 0) is 48.9 Å². The van der Waals surface area contributed by atoms with E-state index in [4.69, 9.17) is 0 Å². The van der Waals surface area contributed by atoms with Gasteiger partial charge in [0.15, 0.2) is 0 Å². The summed E-state index contributed by atoms with van der Waals surface area (Å²) >= 11 is 1.83. The summed E-state index contributed by atoms with van der Waals surface area (Å²) in [4.78, 5) is 26.8. The minimum Gasteiger partial charge on any atom is -0.376 e. The first-order chi connectivity index (χ1) is 14.3. The molecule has 2 aromatic carbocycles. The Hall–Kier alpha value is -2.68. The summed E-state index contributed by atoms with van der Waals surface area (Å²) < 4.78 is 37.8. The average molecular weight is 437 g/mol. The first-order valence-electron chi connectivity index (χ1n) is 9.43. The monoisotopic (exact) mass is 437 g/mol. The maximum Gasteiger partial charge on any atom is 0.416 e. The van der Waals surface area contributed by atoms with Gasteiger partial charge < -0.3 is 15.5 Å². The summed E-state index contributed by atoms with van der Waals surface area (Å²) in [7, 11) is 0. The van der Waals surface area contributed by atoms with Crippen molar-refractivity contribution < 1.29 is 22.8 Å². The predicted molar refractivity (Wildman–Crippen MR) is 113 cm³/mol. The predicted octanol–water partition coefficient (Wildman–Crippen LogP) is 4.25. The highest BCUT2D eigenvalue weighted by molar-refractivity contribution is 7.99. The second-order valence-electron chi connectivity index (χ2n) is 6.86. The largest absolute Gasteiger partial charge is 0.416 e. The molecule has 0 aliphatic carbocycles. The number of alkyl halides is 3. The molecule has 1 aliphatic rings. The quantitative estimate of drug-likeness (QED) is 0.734. The second kappa shape index (κ2) is 9.42. The van der Waals surface area contributed by atoms with Crippen molar-refractivity contribution in [3.8, 4) is 0 Å². The van der Waals surface area contributed by atoms with Crippen LogP contribution in [0.2, 0.25) is 0 Å². The van der Waals surface area contributed by atoms with E-state index < -0.39 is 17.6 Å². The van der Waals surface area contributed by atoms with Crippen LogP contribution in [0.5, 0.6) is 0 Å². The Morgan fingerprint density at radius 1 is 1.07 bits per heavy atom. The molecule has 2 N–H and O–H groups in total. The second-order valence-corrected chi connectivity index (χ2v) is 8.08. The highest BCUT2D eigenvalue weighted by Crippen LogP contribution is 2.29. The third-order valence-electron chi connectivity index (χ3n) is 4.80. The van der Waals surface area contributed by atoms with E-state index in [1.165, 1.54) is 12.1 Å². The van der Waals surface area contributed by atoms with Gasteiger partial charge in [-0.25, -0.2) is 0 Å². The molecule has 0 aromatic heterocycles. The summed E-state index contributed by atoms with van der Waals surface area (Å²) in [5.41, 5.74) is 1.51. The molecule has 0 spiro atoms. The molecule has 1 fully saturated rings. The van der Waals surface area contributed by atoms with Gasteiger partial charge in [0.1, 0.15) is 0 Å². The lowest BCUT2D eigenvalue weighted by molar-refractivity contribution is -0.137. The molecule has 1 heterocycles. The summed E-state index contributed by atoms with van der Waals surface area (Å²) in [6.07, 6.45) is -4.42.